The molecule has 0 bridgehead atoms. The van der Waals surface area contributed by atoms with E-state index in [0.29, 0.717) is 31.0 Å². The first kappa shape index (κ1) is 23.1. The van der Waals surface area contributed by atoms with Gasteiger partial charge in [0, 0.05) is 37.7 Å². The molecule has 1 aliphatic heterocycles. The quantitative estimate of drug-likeness (QED) is 0.680. The fraction of sp³-hybridized carbons (Fsp3) is 0.630. The molecule has 1 aromatic heterocycles. The molecular formula is C27H37N5O2. The van der Waals surface area contributed by atoms with Crippen LogP contribution in [0.15, 0.2) is 18.2 Å². The van der Waals surface area contributed by atoms with Crippen LogP contribution < -0.4 is 5.32 Å². The molecule has 3 fully saturated rings. The van der Waals surface area contributed by atoms with Gasteiger partial charge in [0.1, 0.15) is 11.6 Å². The number of benzene rings is 1. The number of hydrogen-bond acceptors (Lipinski definition) is 4. The van der Waals surface area contributed by atoms with Crippen LogP contribution in [-0.4, -0.2) is 44.6 Å². The minimum Gasteiger partial charge on any atom is -0.341 e. The molecule has 1 N–H and O–H groups in total. The van der Waals surface area contributed by atoms with E-state index in [0.717, 1.165) is 47.2 Å². The van der Waals surface area contributed by atoms with E-state index < -0.39 is 0 Å². The summed E-state index contributed by atoms with van der Waals surface area (Å²) in [7, 11) is 0. The maximum atomic E-state index is 13.5. The predicted molar refractivity (Wildman–Crippen MR) is 132 cm³/mol. The van der Waals surface area contributed by atoms with Crippen molar-refractivity contribution >= 4 is 17.5 Å². The fourth-order valence-electron chi connectivity index (χ4n) is 5.74. The van der Waals surface area contributed by atoms with Crippen LogP contribution in [0.25, 0.3) is 0 Å². The van der Waals surface area contributed by atoms with E-state index in [2.05, 4.69) is 40.0 Å². The lowest BCUT2D eigenvalue weighted by atomic mass is 9.69. The molecule has 7 heteroatoms. The van der Waals surface area contributed by atoms with Gasteiger partial charge in [-0.3, -0.25) is 9.59 Å². The van der Waals surface area contributed by atoms with Crippen molar-refractivity contribution in [3.63, 3.8) is 0 Å². The van der Waals surface area contributed by atoms with Crippen LogP contribution in [-0.2, 0) is 9.59 Å². The van der Waals surface area contributed by atoms with E-state index in [1.807, 2.05) is 26.0 Å². The Bertz CT molecular complexity index is 1100. The van der Waals surface area contributed by atoms with E-state index in [9.17, 15) is 9.59 Å². The van der Waals surface area contributed by atoms with Crippen molar-refractivity contribution < 1.29 is 9.59 Å². The van der Waals surface area contributed by atoms with Gasteiger partial charge >= 0.3 is 0 Å². The van der Waals surface area contributed by atoms with Crippen LogP contribution in [0, 0.1) is 31.6 Å². The van der Waals surface area contributed by atoms with E-state index in [-0.39, 0.29) is 23.7 Å². The van der Waals surface area contributed by atoms with Crippen molar-refractivity contribution in [2.75, 3.05) is 18.4 Å². The zero-order valence-electron chi connectivity index (χ0n) is 21.0. The van der Waals surface area contributed by atoms with Crippen molar-refractivity contribution in [2.45, 2.75) is 78.2 Å². The normalized spacial score (nSPS) is 26.6. The highest BCUT2D eigenvalue weighted by Gasteiger charge is 2.46. The molecule has 2 aliphatic carbocycles. The van der Waals surface area contributed by atoms with E-state index in [1.54, 1.807) is 11.8 Å². The van der Waals surface area contributed by atoms with Crippen LogP contribution >= 0.6 is 0 Å². The number of amides is 2. The number of anilines is 1. The summed E-state index contributed by atoms with van der Waals surface area (Å²) in [5, 5.41) is 12.5. The average molecular weight is 464 g/mol. The third-order valence-corrected chi connectivity index (χ3v) is 8.22. The molecule has 182 valence electrons. The van der Waals surface area contributed by atoms with E-state index >= 15 is 0 Å². The Hall–Kier alpha value is -2.70. The van der Waals surface area contributed by atoms with Gasteiger partial charge < -0.3 is 14.8 Å². The number of hydrogen-bond donors (Lipinski definition) is 1. The first-order valence-corrected chi connectivity index (χ1v) is 12.8. The molecule has 1 aromatic carbocycles. The smallest absolute Gasteiger partial charge is 0.230 e. The van der Waals surface area contributed by atoms with Gasteiger partial charge in [-0.25, -0.2) is 0 Å². The third-order valence-electron chi connectivity index (χ3n) is 8.22. The van der Waals surface area contributed by atoms with Gasteiger partial charge in [0.25, 0.3) is 0 Å². The number of carbonyl (C=O) groups excluding carboxylic acids is 2. The lowest BCUT2D eigenvalue weighted by Gasteiger charge is -2.37. The van der Waals surface area contributed by atoms with Crippen LogP contribution in [0.1, 0.15) is 87.1 Å². The second-order valence-corrected chi connectivity index (χ2v) is 11.1. The molecule has 2 heterocycles. The fourth-order valence-corrected chi connectivity index (χ4v) is 5.74. The molecule has 2 amide bonds. The molecule has 3 aliphatic rings. The van der Waals surface area contributed by atoms with Gasteiger partial charge in [-0.2, -0.15) is 0 Å². The number of carbonyl (C=O) groups is 2. The van der Waals surface area contributed by atoms with Crippen LogP contribution in [0.5, 0.6) is 0 Å². The first-order chi connectivity index (χ1) is 16.2. The van der Waals surface area contributed by atoms with Crippen molar-refractivity contribution in [3.05, 3.63) is 41.0 Å². The van der Waals surface area contributed by atoms with Crippen molar-refractivity contribution in [1.82, 2.24) is 19.7 Å². The zero-order valence-corrected chi connectivity index (χ0v) is 21.0. The summed E-state index contributed by atoms with van der Waals surface area (Å²) in [6.07, 6.45) is 4.62. The summed E-state index contributed by atoms with van der Waals surface area (Å²) in [5.74, 6) is 3.39. The number of aromatic nitrogens is 3. The largest absolute Gasteiger partial charge is 0.341 e. The highest BCUT2D eigenvalue weighted by Crippen LogP contribution is 2.49. The topological polar surface area (TPSA) is 80.1 Å². The third kappa shape index (κ3) is 4.25. The SMILES string of the molecule is CC(=O)N1C[C@H](C(=O)Nc2ccc(C)cc2C)[C@@H](c2nnc(C3CC(C(C)C)C3)n2C2CC2)C1. The molecule has 2 saturated carbocycles. The summed E-state index contributed by atoms with van der Waals surface area (Å²) >= 11 is 0. The number of nitrogens with one attached hydrogen (secondary N) is 1. The summed E-state index contributed by atoms with van der Waals surface area (Å²) in [4.78, 5) is 27.6. The molecule has 0 spiro atoms. The standard InChI is InChI=1S/C27H37N5O2/c1-15(2)19-11-20(12-19)25-29-30-26(32(25)21-7-8-21)22-13-31(18(5)33)14-23(22)27(34)28-24-9-6-16(3)10-17(24)4/h6,9-10,15,19-23H,7-8,11-14H2,1-5H3,(H,28,34)/t19?,20?,22-,23-/m0/s1. The Kier molecular flexibility index (Phi) is 5.98. The van der Waals surface area contributed by atoms with Gasteiger partial charge in [0.15, 0.2) is 0 Å². The van der Waals surface area contributed by atoms with Crippen LogP contribution in [0.3, 0.4) is 0 Å². The predicted octanol–water partition coefficient (Wildman–Crippen LogP) is 4.58. The number of rotatable bonds is 6. The number of aryl methyl sites for hydroxylation is 2. The Morgan fingerprint density at radius 2 is 1.76 bits per heavy atom. The van der Waals surface area contributed by atoms with Crippen molar-refractivity contribution in [1.29, 1.82) is 0 Å². The molecule has 0 radical (unpaired) electrons. The van der Waals surface area contributed by atoms with Gasteiger partial charge in [-0.05, 0) is 63.0 Å². The molecule has 1 saturated heterocycles. The maximum Gasteiger partial charge on any atom is 0.230 e. The molecular weight excluding hydrogens is 426 g/mol. The summed E-state index contributed by atoms with van der Waals surface area (Å²) < 4.78 is 2.35. The average Bonchev–Trinajstić information content (AvgIpc) is 3.32. The second-order valence-electron chi connectivity index (χ2n) is 11.1. The van der Waals surface area contributed by atoms with Gasteiger partial charge in [-0.15, -0.1) is 10.2 Å². The van der Waals surface area contributed by atoms with Gasteiger partial charge in [-0.1, -0.05) is 31.5 Å². The molecule has 2 aromatic rings. The zero-order chi connectivity index (χ0) is 24.1. The lowest BCUT2D eigenvalue weighted by Crippen LogP contribution is -2.31. The summed E-state index contributed by atoms with van der Waals surface area (Å²) in [5.41, 5.74) is 3.03. The Balaban J connectivity index is 1.43. The number of nitrogens with zero attached hydrogens (tertiary/aromatic N) is 4. The summed E-state index contributed by atoms with van der Waals surface area (Å²) in [6, 6.07) is 6.48. The molecule has 0 unspecified atom stereocenters. The lowest BCUT2D eigenvalue weighted by molar-refractivity contribution is -0.128. The minimum atomic E-state index is -0.344. The maximum absolute atomic E-state index is 13.5. The Morgan fingerprint density at radius 3 is 2.38 bits per heavy atom. The highest BCUT2D eigenvalue weighted by atomic mass is 16.2. The first-order valence-electron chi connectivity index (χ1n) is 12.8. The second kappa shape index (κ2) is 8.82. The van der Waals surface area contributed by atoms with Crippen molar-refractivity contribution in [3.8, 4) is 0 Å². The molecule has 7 nitrogen and oxygen atoms in total. The Morgan fingerprint density at radius 1 is 1.06 bits per heavy atom. The minimum absolute atomic E-state index is 0.00305. The number of likely N-dealkylation sites (tertiary alicyclic amines) is 1. The molecule has 5 rings (SSSR count). The molecule has 34 heavy (non-hydrogen) atoms. The van der Waals surface area contributed by atoms with E-state index in [1.165, 1.54) is 12.8 Å². The van der Waals surface area contributed by atoms with Crippen LogP contribution in [0.2, 0.25) is 0 Å². The van der Waals surface area contributed by atoms with Crippen molar-refractivity contribution in [2.24, 2.45) is 17.8 Å². The Labute approximate surface area is 202 Å². The van der Waals surface area contributed by atoms with Gasteiger partial charge in [0.05, 0.1) is 11.8 Å². The monoisotopic (exact) mass is 463 g/mol. The molecule has 2 atom stereocenters. The summed E-state index contributed by atoms with van der Waals surface area (Å²) in [6.45, 7) is 11.2. The van der Waals surface area contributed by atoms with E-state index in [4.69, 9.17) is 0 Å². The highest BCUT2D eigenvalue weighted by molar-refractivity contribution is 5.94. The van der Waals surface area contributed by atoms with Crippen LogP contribution in [0.4, 0.5) is 5.69 Å². The van der Waals surface area contributed by atoms with Gasteiger partial charge in [0.2, 0.25) is 11.8 Å².